The van der Waals surface area contributed by atoms with Gasteiger partial charge < -0.3 is 14.6 Å². The minimum Gasteiger partial charge on any atom is -0.486 e. The summed E-state index contributed by atoms with van der Waals surface area (Å²) in [7, 11) is 0. The van der Waals surface area contributed by atoms with Crippen LogP contribution in [0.4, 0.5) is 0 Å². The first-order valence-corrected chi connectivity index (χ1v) is 6.33. The van der Waals surface area contributed by atoms with Gasteiger partial charge in [0, 0.05) is 0 Å². The molecule has 1 aromatic carbocycles. The fourth-order valence-corrected chi connectivity index (χ4v) is 2.25. The third kappa shape index (κ3) is 2.55. The number of hydrogen-bond donors (Lipinski definition) is 1. The first-order chi connectivity index (χ1) is 8.26. The highest BCUT2D eigenvalue weighted by atomic mass is 16.6. The Hall–Kier alpha value is -1.22. The van der Waals surface area contributed by atoms with Crippen molar-refractivity contribution in [2.24, 2.45) is 5.92 Å². The summed E-state index contributed by atoms with van der Waals surface area (Å²) in [5.74, 6) is 1.83. The lowest BCUT2D eigenvalue weighted by atomic mass is 9.91. The van der Waals surface area contributed by atoms with Crippen LogP contribution >= 0.6 is 0 Å². The summed E-state index contributed by atoms with van der Waals surface area (Å²) in [6, 6.07) is 5.71. The van der Waals surface area contributed by atoms with Crippen LogP contribution in [-0.2, 0) is 0 Å². The topological polar surface area (TPSA) is 38.7 Å². The van der Waals surface area contributed by atoms with E-state index in [2.05, 4.69) is 13.8 Å². The third-order valence-electron chi connectivity index (χ3n) is 3.40. The predicted octanol–water partition coefficient (Wildman–Crippen LogP) is 2.93. The second kappa shape index (κ2) is 5.41. The molecule has 1 aromatic rings. The smallest absolute Gasteiger partial charge is 0.161 e. The molecule has 1 unspecified atom stereocenters. The zero-order chi connectivity index (χ0) is 12.3. The van der Waals surface area contributed by atoms with Crippen LogP contribution in [-0.4, -0.2) is 18.3 Å². The lowest BCUT2D eigenvalue weighted by Gasteiger charge is -2.23. The van der Waals surface area contributed by atoms with Gasteiger partial charge in [-0.05, 0) is 23.6 Å². The van der Waals surface area contributed by atoms with Gasteiger partial charge in [-0.3, -0.25) is 0 Å². The first-order valence-electron chi connectivity index (χ1n) is 6.33. The Balaban J connectivity index is 2.21. The van der Waals surface area contributed by atoms with E-state index in [0.29, 0.717) is 19.1 Å². The number of rotatable bonds is 4. The quantitative estimate of drug-likeness (QED) is 0.873. The lowest BCUT2D eigenvalue weighted by Crippen LogP contribution is -2.16. The van der Waals surface area contributed by atoms with E-state index in [-0.39, 0.29) is 0 Å². The average Bonchev–Trinajstić information content (AvgIpc) is 2.39. The van der Waals surface area contributed by atoms with E-state index in [1.54, 1.807) is 0 Å². The van der Waals surface area contributed by atoms with Crippen LogP contribution in [0.2, 0.25) is 0 Å². The van der Waals surface area contributed by atoms with E-state index in [1.165, 1.54) is 0 Å². The maximum absolute atomic E-state index is 10.3. The van der Waals surface area contributed by atoms with Crippen molar-refractivity contribution < 1.29 is 14.6 Å². The number of aliphatic hydroxyl groups is 1. The minimum atomic E-state index is -0.416. The molecule has 3 heteroatoms. The van der Waals surface area contributed by atoms with Crippen LogP contribution in [0.1, 0.15) is 38.4 Å². The molecule has 0 bridgehead atoms. The molecule has 1 aliphatic heterocycles. The van der Waals surface area contributed by atoms with E-state index in [4.69, 9.17) is 9.47 Å². The molecule has 0 saturated heterocycles. The molecule has 1 N–H and O–H groups in total. The van der Waals surface area contributed by atoms with Gasteiger partial charge in [0.2, 0.25) is 0 Å². The summed E-state index contributed by atoms with van der Waals surface area (Å²) in [6.45, 7) is 5.39. The Bertz CT molecular complexity index is 372. The van der Waals surface area contributed by atoms with Crippen molar-refractivity contribution in [3.63, 3.8) is 0 Å². The highest BCUT2D eigenvalue weighted by Gasteiger charge is 2.20. The average molecular weight is 236 g/mol. The number of aliphatic hydroxyl groups excluding tert-OH is 1. The molecule has 0 aromatic heterocycles. The van der Waals surface area contributed by atoms with Gasteiger partial charge in [-0.25, -0.2) is 0 Å². The summed E-state index contributed by atoms with van der Waals surface area (Å²) >= 11 is 0. The number of fused-ring (bicyclic) bond motifs is 1. The lowest BCUT2D eigenvalue weighted by molar-refractivity contribution is 0.102. The van der Waals surface area contributed by atoms with E-state index in [9.17, 15) is 5.11 Å². The fraction of sp³-hybridized carbons (Fsp3) is 0.571. The summed E-state index contributed by atoms with van der Waals surface area (Å²) < 4.78 is 11.0. The monoisotopic (exact) mass is 236 g/mol. The zero-order valence-corrected chi connectivity index (χ0v) is 10.5. The predicted molar refractivity (Wildman–Crippen MR) is 66.5 cm³/mol. The molecular weight excluding hydrogens is 216 g/mol. The van der Waals surface area contributed by atoms with Crippen molar-refractivity contribution in [1.29, 1.82) is 0 Å². The molecule has 1 heterocycles. The summed E-state index contributed by atoms with van der Waals surface area (Å²) in [6.07, 6.45) is 1.54. The largest absolute Gasteiger partial charge is 0.486 e. The SMILES string of the molecule is CCC(CC)C(O)c1ccc2c(c1)OCCO2. The fourth-order valence-electron chi connectivity index (χ4n) is 2.25. The summed E-state index contributed by atoms with van der Waals surface area (Å²) in [5.41, 5.74) is 0.919. The van der Waals surface area contributed by atoms with Crippen molar-refractivity contribution in [3.05, 3.63) is 23.8 Å². The number of benzene rings is 1. The van der Waals surface area contributed by atoms with E-state index in [1.807, 2.05) is 18.2 Å². The van der Waals surface area contributed by atoms with Crippen molar-refractivity contribution in [3.8, 4) is 11.5 Å². The van der Waals surface area contributed by atoms with Gasteiger partial charge >= 0.3 is 0 Å². The van der Waals surface area contributed by atoms with Crippen molar-refractivity contribution in [2.45, 2.75) is 32.8 Å². The standard InChI is InChI=1S/C14H20O3/c1-3-10(4-2)14(15)11-5-6-12-13(9-11)17-8-7-16-12/h5-6,9-10,14-15H,3-4,7-8H2,1-2H3. The molecule has 0 fully saturated rings. The van der Waals surface area contributed by atoms with Gasteiger partial charge in [-0.1, -0.05) is 32.8 Å². The van der Waals surface area contributed by atoms with Crippen LogP contribution in [0.25, 0.3) is 0 Å². The van der Waals surface area contributed by atoms with Gasteiger partial charge in [0.15, 0.2) is 11.5 Å². The number of hydrogen-bond acceptors (Lipinski definition) is 3. The van der Waals surface area contributed by atoms with E-state index >= 15 is 0 Å². The Kier molecular flexibility index (Phi) is 3.89. The normalized spacial score (nSPS) is 16.0. The Labute approximate surface area is 102 Å². The molecule has 0 aliphatic carbocycles. The molecule has 1 aliphatic rings. The molecule has 2 rings (SSSR count). The van der Waals surface area contributed by atoms with Gasteiger partial charge in [-0.15, -0.1) is 0 Å². The van der Waals surface area contributed by atoms with Crippen LogP contribution < -0.4 is 9.47 Å². The maximum Gasteiger partial charge on any atom is 0.161 e. The molecule has 1 atom stereocenters. The molecule has 17 heavy (non-hydrogen) atoms. The van der Waals surface area contributed by atoms with Gasteiger partial charge in [0.05, 0.1) is 6.10 Å². The Morgan fingerprint density at radius 2 is 1.76 bits per heavy atom. The number of ether oxygens (including phenoxy) is 2. The molecular formula is C14H20O3. The third-order valence-corrected chi connectivity index (χ3v) is 3.40. The van der Waals surface area contributed by atoms with Crippen molar-refractivity contribution in [2.75, 3.05) is 13.2 Å². The molecule has 0 saturated carbocycles. The molecule has 0 amide bonds. The van der Waals surface area contributed by atoms with E-state index < -0.39 is 6.10 Å². The van der Waals surface area contributed by atoms with Crippen LogP contribution in [0.15, 0.2) is 18.2 Å². The van der Waals surface area contributed by atoms with Crippen molar-refractivity contribution >= 4 is 0 Å². The minimum absolute atomic E-state index is 0.303. The zero-order valence-electron chi connectivity index (χ0n) is 10.5. The van der Waals surface area contributed by atoms with Crippen molar-refractivity contribution in [1.82, 2.24) is 0 Å². The highest BCUT2D eigenvalue weighted by molar-refractivity contribution is 5.44. The Morgan fingerprint density at radius 1 is 1.12 bits per heavy atom. The van der Waals surface area contributed by atoms with Gasteiger partial charge in [-0.2, -0.15) is 0 Å². The summed E-state index contributed by atoms with van der Waals surface area (Å²) in [5, 5.41) is 10.3. The van der Waals surface area contributed by atoms with E-state index in [0.717, 1.165) is 29.9 Å². The van der Waals surface area contributed by atoms with Crippen LogP contribution in [0.3, 0.4) is 0 Å². The van der Waals surface area contributed by atoms with Crippen LogP contribution in [0, 0.1) is 5.92 Å². The molecule has 0 spiro atoms. The molecule has 3 nitrogen and oxygen atoms in total. The molecule has 0 radical (unpaired) electrons. The second-order valence-electron chi connectivity index (χ2n) is 4.42. The maximum atomic E-state index is 10.3. The molecule has 94 valence electrons. The van der Waals surface area contributed by atoms with Gasteiger partial charge in [0.1, 0.15) is 13.2 Å². The first kappa shape index (κ1) is 12.2. The van der Waals surface area contributed by atoms with Crippen LogP contribution in [0.5, 0.6) is 11.5 Å². The van der Waals surface area contributed by atoms with Gasteiger partial charge in [0.25, 0.3) is 0 Å². The summed E-state index contributed by atoms with van der Waals surface area (Å²) in [4.78, 5) is 0. The second-order valence-corrected chi connectivity index (χ2v) is 4.42. The Morgan fingerprint density at radius 3 is 2.41 bits per heavy atom. The highest BCUT2D eigenvalue weighted by Crippen LogP contribution is 2.35.